The predicted molar refractivity (Wildman–Crippen MR) is 106 cm³/mol. The molecule has 0 radical (unpaired) electrons. The van der Waals surface area contributed by atoms with E-state index in [9.17, 15) is 19.8 Å². The Hall–Kier alpha value is -2.08. The van der Waals surface area contributed by atoms with Crippen molar-refractivity contribution in [2.24, 2.45) is 22.7 Å². The quantitative estimate of drug-likeness (QED) is 0.583. The van der Waals surface area contributed by atoms with Gasteiger partial charge in [-0.2, -0.15) is 0 Å². The van der Waals surface area contributed by atoms with Crippen LogP contribution in [0.5, 0.6) is 11.5 Å². The summed E-state index contributed by atoms with van der Waals surface area (Å²) in [5, 5.41) is 23.9. The summed E-state index contributed by atoms with van der Waals surface area (Å²) in [5.41, 5.74) is -0.0482. The fourth-order valence-electron chi connectivity index (χ4n) is 7.12. The van der Waals surface area contributed by atoms with Gasteiger partial charge in [-0.25, -0.2) is 0 Å². The maximum Gasteiger partial charge on any atom is 0.262 e. The van der Waals surface area contributed by atoms with Crippen LogP contribution in [0, 0.1) is 22.7 Å². The molecule has 1 aromatic carbocycles. The lowest BCUT2D eigenvalue weighted by molar-refractivity contribution is -0.210. The molecule has 2 aliphatic heterocycles. The molecule has 5 atom stereocenters. The van der Waals surface area contributed by atoms with Crippen LogP contribution in [0.2, 0.25) is 0 Å². The fourth-order valence-corrected chi connectivity index (χ4v) is 7.12. The van der Waals surface area contributed by atoms with Crippen LogP contribution in [0.15, 0.2) is 6.07 Å². The van der Waals surface area contributed by atoms with Gasteiger partial charge in [0.25, 0.3) is 11.8 Å². The number of amides is 2. The molecule has 2 fully saturated rings. The van der Waals surface area contributed by atoms with Crippen molar-refractivity contribution in [3.8, 4) is 11.5 Å². The minimum atomic E-state index is -0.547. The summed E-state index contributed by atoms with van der Waals surface area (Å²) in [7, 11) is 0. The number of aromatic hydroxyl groups is 1. The van der Waals surface area contributed by atoms with Gasteiger partial charge in [0, 0.05) is 17.4 Å². The molecule has 2 heterocycles. The van der Waals surface area contributed by atoms with Gasteiger partial charge in [-0.15, -0.1) is 0 Å². The number of ether oxygens (including phenoxy) is 1. The van der Waals surface area contributed by atoms with Crippen LogP contribution < -0.4 is 10.1 Å². The van der Waals surface area contributed by atoms with E-state index in [1.165, 1.54) is 0 Å². The van der Waals surface area contributed by atoms with E-state index in [0.29, 0.717) is 17.7 Å². The Morgan fingerprint density at radius 3 is 2.59 bits per heavy atom. The van der Waals surface area contributed by atoms with Gasteiger partial charge in [-0.1, -0.05) is 27.7 Å². The Bertz CT molecular complexity index is 953. The second kappa shape index (κ2) is 5.54. The highest BCUT2D eigenvalue weighted by molar-refractivity contribution is 6.23. The molecule has 2 saturated carbocycles. The van der Waals surface area contributed by atoms with Gasteiger partial charge in [0.2, 0.25) is 0 Å². The molecule has 156 valence electrons. The van der Waals surface area contributed by atoms with Crippen LogP contribution in [0.4, 0.5) is 0 Å². The molecule has 6 nitrogen and oxygen atoms in total. The minimum absolute atomic E-state index is 0.0685. The standard InChI is InChI=1S/C23H29NO5/c1-11-5-6-15-21(2,3)16(25)7-8-22(15,4)23(11)10-13-14(29-23)9-12-17(18(13)26)20(28)24-19(12)27/h9,11,15-16,25-26H,5-8,10H2,1-4H3,(H,24,27,28)/t11-,15+,16-,22-,23-/m1/s1. The SMILES string of the molecule is C[C@@H]1CC[C@H]2C(C)(C)[C@H](O)CC[C@@]2(C)[C@@]12Cc1c(cc3c(c1O)C(=O)NC3=O)O2. The lowest BCUT2D eigenvalue weighted by atomic mass is 9.43. The van der Waals surface area contributed by atoms with E-state index in [2.05, 4.69) is 33.0 Å². The van der Waals surface area contributed by atoms with E-state index in [0.717, 1.165) is 25.7 Å². The number of carbonyl (C=O) groups excluding carboxylic acids is 2. The largest absolute Gasteiger partial charge is 0.507 e. The molecule has 3 N–H and O–H groups in total. The normalized spacial score (nSPS) is 39.6. The first-order valence-corrected chi connectivity index (χ1v) is 10.6. The Morgan fingerprint density at radius 2 is 1.86 bits per heavy atom. The number of phenols is 1. The van der Waals surface area contributed by atoms with Gasteiger partial charge < -0.3 is 14.9 Å². The molecule has 4 aliphatic rings. The van der Waals surface area contributed by atoms with Gasteiger partial charge in [-0.3, -0.25) is 14.9 Å². The van der Waals surface area contributed by atoms with Gasteiger partial charge >= 0.3 is 0 Å². The van der Waals surface area contributed by atoms with Gasteiger partial charge in [0.1, 0.15) is 17.1 Å². The number of hydrogen-bond donors (Lipinski definition) is 3. The summed E-state index contributed by atoms with van der Waals surface area (Å²) in [6.07, 6.45) is 3.76. The van der Waals surface area contributed by atoms with Gasteiger partial charge in [0.05, 0.1) is 17.2 Å². The van der Waals surface area contributed by atoms with Crippen LogP contribution in [-0.2, 0) is 6.42 Å². The van der Waals surface area contributed by atoms with Crippen LogP contribution in [0.1, 0.15) is 79.7 Å². The maximum atomic E-state index is 12.2. The number of fused-ring (bicyclic) bond motifs is 4. The highest BCUT2D eigenvalue weighted by Gasteiger charge is 2.67. The average molecular weight is 399 g/mol. The molecule has 29 heavy (non-hydrogen) atoms. The Balaban J connectivity index is 1.65. The van der Waals surface area contributed by atoms with Crippen LogP contribution >= 0.6 is 0 Å². The zero-order valence-corrected chi connectivity index (χ0v) is 17.5. The molecule has 5 rings (SSSR count). The third kappa shape index (κ3) is 2.11. The van der Waals surface area contributed by atoms with Crippen LogP contribution in [0.3, 0.4) is 0 Å². The second-order valence-corrected chi connectivity index (χ2v) is 10.4. The van der Waals surface area contributed by atoms with E-state index in [4.69, 9.17) is 4.74 Å². The van der Waals surface area contributed by atoms with E-state index >= 15 is 0 Å². The highest BCUT2D eigenvalue weighted by Crippen LogP contribution is 2.66. The summed E-state index contributed by atoms with van der Waals surface area (Å²) >= 11 is 0. The number of aliphatic hydroxyl groups is 1. The van der Waals surface area contributed by atoms with Crippen molar-refractivity contribution >= 4 is 11.8 Å². The van der Waals surface area contributed by atoms with Crippen molar-refractivity contribution < 1.29 is 24.5 Å². The van der Waals surface area contributed by atoms with E-state index in [-0.39, 0.29) is 45.6 Å². The molecule has 6 heteroatoms. The highest BCUT2D eigenvalue weighted by atomic mass is 16.5. The number of carbonyl (C=O) groups is 2. The number of imide groups is 1. The molecule has 2 amide bonds. The number of phenolic OH excluding ortho intramolecular Hbond substituents is 1. The first-order valence-electron chi connectivity index (χ1n) is 10.6. The topological polar surface area (TPSA) is 95.9 Å². The lowest BCUT2D eigenvalue weighted by Gasteiger charge is -2.64. The van der Waals surface area contributed by atoms with E-state index in [1.54, 1.807) is 6.07 Å². The first-order chi connectivity index (χ1) is 13.5. The third-order valence-corrected chi connectivity index (χ3v) is 8.91. The third-order valence-electron chi connectivity index (χ3n) is 8.91. The molecule has 0 unspecified atom stereocenters. The van der Waals surface area contributed by atoms with E-state index < -0.39 is 17.4 Å². The molecular weight excluding hydrogens is 370 g/mol. The summed E-state index contributed by atoms with van der Waals surface area (Å²) < 4.78 is 6.71. The number of aliphatic hydroxyl groups excluding tert-OH is 1. The lowest BCUT2D eigenvalue weighted by Crippen LogP contribution is -2.66. The minimum Gasteiger partial charge on any atom is -0.507 e. The van der Waals surface area contributed by atoms with Gasteiger partial charge in [0.15, 0.2) is 0 Å². The monoisotopic (exact) mass is 399 g/mol. The van der Waals surface area contributed by atoms with Crippen molar-refractivity contribution in [1.82, 2.24) is 5.32 Å². The number of benzene rings is 1. The van der Waals surface area contributed by atoms with Crippen molar-refractivity contribution in [2.45, 2.75) is 71.5 Å². The van der Waals surface area contributed by atoms with Crippen molar-refractivity contribution in [3.05, 3.63) is 22.8 Å². The van der Waals surface area contributed by atoms with Crippen LogP contribution in [-0.4, -0.2) is 33.7 Å². The number of rotatable bonds is 0. The van der Waals surface area contributed by atoms with Crippen molar-refractivity contribution in [2.75, 3.05) is 0 Å². The summed E-state index contributed by atoms with van der Waals surface area (Å²) in [4.78, 5) is 24.3. The Morgan fingerprint density at radius 1 is 1.14 bits per heavy atom. The Labute approximate surface area is 170 Å². The summed E-state index contributed by atoms with van der Waals surface area (Å²) in [6.45, 7) is 8.78. The molecular formula is C23H29NO5. The van der Waals surface area contributed by atoms with Gasteiger partial charge in [-0.05, 0) is 49.0 Å². The average Bonchev–Trinajstić information content (AvgIpc) is 3.17. The summed E-state index contributed by atoms with van der Waals surface area (Å²) in [6, 6.07) is 1.63. The molecule has 0 aromatic heterocycles. The predicted octanol–water partition coefficient (Wildman–Crippen LogP) is 3.18. The van der Waals surface area contributed by atoms with E-state index in [1.807, 2.05) is 0 Å². The summed E-state index contributed by atoms with van der Waals surface area (Å²) in [5.74, 6) is -0.108. The fraction of sp³-hybridized carbons (Fsp3) is 0.652. The number of hydrogen-bond acceptors (Lipinski definition) is 5. The van der Waals surface area contributed by atoms with Crippen molar-refractivity contribution in [3.63, 3.8) is 0 Å². The molecule has 1 aromatic rings. The molecule has 1 spiro atoms. The molecule has 0 saturated heterocycles. The van der Waals surface area contributed by atoms with Crippen LogP contribution in [0.25, 0.3) is 0 Å². The second-order valence-electron chi connectivity index (χ2n) is 10.4. The molecule has 0 bridgehead atoms. The number of nitrogens with one attached hydrogen (secondary N) is 1. The molecule has 2 aliphatic carbocycles. The smallest absolute Gasteiger partial charge is 0.262 e. The maximum absolute atomic E-state index is 12.2. The zero-order chi connectivity index (χ0) is 20.9. The van der Waals surface area contributed by atoms with Crippen molar-refractivity contribution in [1.29, 1.82) is 0 Å². The Kier molecular flexibility index (Phi) is 3.61. The first kappa shape index (κ1) is 18.9. The zero-order valence-electron chi connectivity index (χ0n) is 17.5.